The normalized spacial score (nSPS) is 17.2. The van der Waals surface area contributed by atoms with Gasteiger partial charge in [0.05, 0.1) is 19.3 Å². The zero-order chi connectivity index (χ0) is 21.8. The number of piperidine rings is 1. The van der Waals surface area contributed by atoms with Gasteiger partial charge in [0.15, 0.2) is 5.76 Å². The van der Waals surface area contributed by atoms with Crippen molar-refractivity contribution in [3.63, 3.8) is 0 Å². The lowest BCUT2D eigenvalue weighted by Gasteiger charge is -2.32. The average molecular weight is 422 g/mol. The van der Waals surface area contributed by atoms with Crippen LogP contribution in [0.2, 0.25) is 0 Å². The van der Waals surface area contributed by atoms with Crippen molar-refractivity contribution in [1.29, 1.82) is 0 Å². The van der Waals surface area contributed by atoms with Gasteiger partial charge in [0.1, 0.15) is 17.6 Å². The maximum atomic E-state index is 13.2. The van der Waals surface area contributed by atoms with Crippen LogP contribution >= 0.6 is 0 Å². The molecule has 0 spiro atoms. The Bertz CT molecular complexity index is 1030. The molecule has 2 amide bonds. The molecule has 3 aromatic rings. The van der Waals surface area contributed by atoms with Gasteiger partial charge in [-0.25, -0.2) is 4.98 Å². The number of aromatic nitrogens is 2. The van der Waals surface area contributed by atoms with Crippen molar-refractivity contribution in [2.24, 2.45) is 13.0 Å². The second-order valence-corrected chi connectivity index (χ2v) is 7.68. The molecule has 3 heterocycles. The van der Waals surface area contributed by atoms with E-state index in [1.54, 1.807) is 30.3 Å². The van der Waals surface area contributed by atoms with Crippen molar-refractivity contribution >= 4 is 11.8 Å². The Morgan fingerprint density at radius 2 is 2.06 bits per heavy atom. The van der Waals surface area contributed by atoms with Gasteiger partial charge in [-0.15, -0.1) is 0 Å². The lowest BCUT2D eigenvalue weighted by Crippen LogP contribution is -2.46. The van der Waals surface area contributed by atoms with Gasteiger partial charge in [-0.1, -0.05) is 12.1 Å². The molecule has 0 radical (unpaired) electrons. The van der Waals surface area contributed by atoms with E-state index in [0.717, 1.165) is 30.0 Å². The summed E-state index contributed by atoms with van der Waals surface area (Å²) in [5, 5.41) is 3.15. The van der Waals surface area contributed by atoms with Crippen LogP contribution in [0, 0.1) is 5.92 Å². The molecule has 1 aliphatic rings. The first kappa shape index (κ1) is 20.7. The van der Waals surface area contributed by atoms with E-state index in [2.05, 4.69) is 10.3 Å². The van der Waals surface area contributed by atoms with Crippen LogP contribution < -0.4 is 10.1 Å². The molecule has 0 bridgehead atoms. The predicted molar refractivity (Wildman–Crippen MR) is 114 cm³/mol. The van der Waals surface area contributed by atoms with Crippen LogP contribution in [0.4, 0.5) is 0 Å². The van der Waals surface area contributed by atoms with Crippen LogP contribution in [-0.2, 0) is 11.8 Å². The van der Waals surface area contributed by atoms with Crippen LogP contribution in [0.3, 0.4) is 0 Å². The van der Waals surface area contributed by atoms with Gasteiger partial charge in [0.2, 0.25) is 5.91 Å². The second-order valence-electron chi connectivity index (χ2n) is 7.68. The number of nitrogens with zero attached hydrogens (tertiary/aromatic N) is 3. The largest absolute Gasteiger partial charge is 0.497 e. The van der Waals surface area contributed by atoms with Gasteiger partial charge in [-0.2, -0.15) is 0 Å². The molecule has 1 saturated heterocycles. The van der Waals surface area contributed by atoms with Crippen molar-refractivity contribution in [1.82, 2.24) is 19.8 Å². The lowest BCUT2D eigenvalue weighted by atomic mass is 9.95. The van der Waals surface area contributed by atoms with Crippen LogP contribution in [0.5, 0.6) is 5.75 Å². The standard InChI is InChI=1S/C23H26N4O4/c1-26-13-11-24-21(26)20(16-7-9-18(30-2)10-8-16)25-22(28)17-5-3-12-27(15-17)23(29)19-6-4-14-31-19/h4,6-11,13-14,17,20H,3,5,12,15H2,1-2H3,(H,25,28)/t17-,20+/m0/s1. The summed E-state index contributed by atoms with van der Waals surface area (Å²) in [7, 11) is 3.52. The minimum Gasteiger partial charge on any atom is -0.497 e. The monoisotopic (exact) mass is 422 g/mol. The number of carbonyl (C=O) groups is 2. The van der Waals surface area contributed by atoms with Crippen LogP contribution in [0.1, 0.15) is 40.8 Å². The SMILES string of the molecule is COc1ccc([C@@H](NC(=O)[C@H]2CCCN(C(=O)c3ccco3)C2)c2nccn2C)cc1. The second kappa shape index (κ2) is 9.07. The number of hydrogen-bond acceptors (Lipinski definition) is 5. The number of nitrogens with one attached hydrogen (secondary N) is 1. The number of furan rings is 1. The van der Waals surface area contributed by atoms with Gasteiger partial charge < -0.3 is 23.9 Å². The smallest absolute Gasteiger partial charge is 0.289 e. The van der Waals surface area contributed by atoms with E-state index in [0.29, 0.717) is 18.8 Å². The third kappa shape index (κ3) is 4.47. The first-order valence-corrected chi connectivity index (χ1v) is 10.3. The molecule has 1 fully saturated rings. The molecule has 4 rings (SSSR count). The molecule has 8 nitrogen and oxygen atoms in total. The van der Waals surface area contributed by atoms with Gasteiger partial charge in [-0.3, -0.25) is 9.59 Å². The first-order chi connectivity index (χ1) is 15.1. The van der Waals surface area contributed by atoms with Crippen molar-refractivity contribution in [3.8, 4) is 5.75 Å². The zero-order valence-electron chi connectivity index (χ0n) is 17.7. The van der Waals surface area contributed by atoms with Crippen LogP contribution in [-0.4, -0.2) is 46.5 Å². The fourth-order valence-electron chi connectivity index (χ4n) is 3.94. The van der Waals surface area contributed by atoms with E-state index in [1.807, 2.05) is 42.1 Å². The molecule has 31 heavy (non-hydrogen) atoms. The van der Waals surface area contributed by atoms with E-state index in [-0.39, 0.29) is 17.7 Å². The lowest BCUT2D eigenvalue weighted by molar-refractivity contribution is -0.126. The summed E-state index contributed by atoms with van der Waals surface area (Å²) in [6.07, 6.45) is 6.53. The molecule has 2 aromatic heterocycles. The molecule has 0 aliphatic carbocycles. The minimum atomic E-state index is -0.408. The van der Waals surface area contributed by atoms with E-state index in [4.69, 9.17) is 9.15 Å². The Balaban J connectivity index is 1.51. The summed E-state index contributed by atoms with van der Waals surface area (Å²) in [5.41, 5.74) is 0.905. The molecule has 0 unspecified atom stereocenters. The van der Waals surface area contributed by atoms with Crippen molar-refractivity contribution in [2.45, 2.75) is 18.9 Å². The highest BCUT2D eigenvalue weighted by Crippen LogP contribution is 2.25. The first-order valence-electron chi connectivity index (χ1n) is 10.3. The van der Waals surface area contributed by atoms with Crippen molar-refractivity contribution < 1.29 is 18.7 Å². The summed E-state index contributed by atoms with van der Waals surface area (Å²) >= 11 is 0. The van der Waals surface area contributed by atoms with Crippen molar-refractivity contribution in [3.05, 3.63) is 72.2 Å². The number of carbonyl (C=O) groups excluding carboxylic acids is 2. The molecule has 1 aliphatic heterocycles. The quantitative estimate of drug-likeness (QED) is 0.660. The Hall–Kier alpha value is -3.55. The summed E-state index contributed by atoms with van der Waals surface area (Å²) in [6, 6.07) is 10.5. The number of hydrogen-bond donors (Lipinski definition) is 1. The van der Waals surface area contributed by atoms with E-state index < -0.39 is 6.04 Å². The number of benzene rings is 1. The summed E-state index contributed by atoms with van der Waals surface area (Å²) in [5.74, 6) is 1.20. The topological polar surface area (TPSA) is 89.6 Å². The Kier molecular flexibility index (Phi) is 6.06. The fraction of sp³-hybridized carbons (Fsp3) is 0.348. The van der Waals surface area contributed by atoms with Gasteiger partial charge >= 0.3 is 0 Å². The highest BCUT2D eigenvalue weighted by Gasteiger charge is 2.32. The van der Waals surface area contributed by atoms with Gasteiger partial charge in [0.25, 0.3) is 5.91 Å². The van der Waals surface area contributed by atoms with E-state index in [1.165, 1.54) is 6.26 Å². The number of aryl methyl sites for hydroxylation is 1. The number of likely N-dealkylation sites (tertiary alicyclic amines) is 1. The molecule has 0 saturated carbocycles. The maximum Gasteiger partial charge on any atom is 0.289 e. The summed E-state index contributed by atoms with van der Waals surface area (Å²) in [4.78, 5) is 32.0. The Morgan fingerprint density at radius 1 is 1.26 bits per heavy atom. The molecule has 8 heteroatoms. The van der Waals surface area contributed by atoms with Gasteiger partial charge in [0, 0.05) is 32.5 Å². The molecular formula is C23H26N4O4. The number of rotatable bonds is 6. The number of ether oxygens (including phenoxy) is 1. The molecular weight excluding hydrogens is 396 g/mol. The Labute approximate surface area is 180 Å². The van der Waals surface area contributed by atoms with E-state index in [9.17, 15) is 9.59 Å². The van der Waals surface area contributed by atoms with E-state index >= 15 is 0 Å². The fourth-order valence-corrected chi connectivity index (χ4v) is 3.94. The maximum absolute atomic E-state index is 13.2. The predicted octanol–water partition coefficient (Wildman–Crippen LogP) is 2.78. The summed E-state index contributed by atoms with van der Waals surface area (Å²) < 4.78 is 12.4. The van der Waals surface area contributed by atoms with Crippen LogP contribution in [0.15, 0.2) is 59.5 Å². The third-order valence-electron chi connectivity index (χ3n) is 5.66. The number of imidazole rings is 1. The molecule has 1 N–H and O–H groups in total. The molecule has 1 aromatic carbocycles. The van der Waals surface area contributed by atoms with Gasteiger partial charge in [-0.05, 0) is 42.7 Å². The number of amides is 2. The third-order valence-corrected chi connectivity index (χ3v) is 5.66. The van der Waals surface area contributed by atoms with Crippen molar-refractivity contribution in [2.75, 3.05) is 20.2 Å². The molecule has 2 atom stereocenters. The van der Waals surface area contributed by atoms with Crippen LogP contribution in [0.25, 0.3) is 0 Å². The Morgan fingerprint density at radius 3 is 2.71 bits per heavy atom. The minimum absolute atomic E-state index is 0.0965. The summed E-state index contributed by atoms with van der Waals surface area (Å²) in [6.45, 7) is 0.978. The zero-order valence-corrected chi connectivity index (χ0v) is 17.7. The molecule has 162 valence electrons. The highest BCUT2D eigenvalue weighted by atomic mass is 16.5. The highest BCUT2D eigenvalue weighted by molar-refractivity contribution is 5.92. The average Bonchev–Trinajstić information content (AvgIpc) is 3.49. The number of methoxy groups -OCH3 is 1.